The largest absolute Gasteiger partial charge is 0.392 e. The van der Waals surface area contributed by atoms with Gasteiger partial charge >= 0.3 is 0 Å². The summed E-state index contributed by atoms with van der Waals surface area (Å²) < 4.78 is 0. The lowest BCUT2D eigenvalue weighted by molar-refractivity contribution is 0.106. The number of nitrogens with one attached hydrogen (secondary N) is 1. The molecule has 60 heavy (non-hydrogen) atoms. The molecular weight excluding hydrogens is 741 g/mol. The maximum Gasteiger partial charge on any atom is 0.165 e. The number of nitriles is 1. The van der Waals surface area contributed by atoms with Crippen LogP contribution in [0.4, 0.5) is 5.69 Å². The van der Waals surface area contributed by atoms with E-state index in [1.807, 2.05) is 97.1 Å². The molecule has 0 heterocycles. The van der Waals surface area contributed by atoms with Crippen molar-refractivity contribution in [3.63, 3.8) is 0 Å². The summed E-state index contributed by atoms with van der Waals surface area (Å²) in [5.74, 6) is 0.384. The Morgan fingerprint density at radius 3 is 1.50 bits per heavy atom. The number of hydrogen-bond donors (Lipinski definition) is 5. The third-order valence-corrected chi connectivity index (χ3v) is 10.2. The predicted molar refractivity (Wildman–Crippen MR) is 247 cm³/mol. The van der Waals surface area contributed by atoms with Crippen molar-refractivity contribution in [2.24, 2.45) is 0 Å². The van der Waals surface area contributed by atoms with Gasteiger partial charge in [-0.1, -0.05) is 195 Å². The Bertz CT molecular complexity index is 2210. The fourth-order valence-corrected chi connectivity index (χ4v) is 6.87. The van der Waals surface area contributed by atoms with Crippen molar-refractivity contribution in [3.05, 3.63) is 222 Å². The molecule has 1 fully saturated rings. The van der Waals surface area contributed by atoms with Crippen molar-refractivity contribution in [3.8, 4) is 6.07 Å². The average Bonchev–Trinajstić information content (AvgIpc) is 3.31. The molecule has 0 aliphatic heterocycles. The fourth-order valence-electron chi connectivity index (χ4n) is 6.87. The monoisotopic (exact) mass is 800 g/mol. The summed E-state index contributed by atoms with van der Waals surface area (Å²) in [6.07, 6.45) is 2.72. The van der Waals surface area contributed by atoms with E-state index in [2.05, 4.69) is 85.0 Å². The van der Waals surface area contributed by atoms with Gasteiger partial charge in [-0.05, 0) is 84.3 Å². The molecule has 0 radical (unpaired) electrons. The van der Waals surface area contributed by atoms with E-state index in [0.717, 1.165) is 35.0 Å². The maximum atomic E-state index is 9.82. The third-order valence-electron chi connectivity index (χ3n) is 10.2. The minimum absolute atomic E-state index is 0.115. The topological polar surface area (TPSA) is 117 Å². The van der Waals surface area contributed by atoms with Gasteiger partial charge in [0.25, 0.3) is 0 Å². The quantitative estimate of drug-likeness (QED) is 0.103. The van der Waals surface area contributed by atoms with Gasteiger partial charge in [-0.2, -0.15) is 5.26 Å². The van der Waals surface area contributed by atoms with E-state index in [9.17, 15) is 10.2 Å². The van der Waals surface area contributed by atoms with Gasteiger partial charge in [0.2, 0.25) is 0 Å². The summed E-state index contributed by atoms with van der Waals surface area (Å²) in [7, 11) is 0. The van der Waals surface area contributed by atoms with E-state index < -0.39 is 12.2 Å². The Morgan fingerprint density at radius 1 is 0.517 bits per heavy atom. The van der Waals surface area contributed by atoms with Gasteiger partial charge in [-0.3, -0.25) is 0 Å². The van der Waals surface area contributed by atoms with Crippen molar-refractivity contribution in [2.75, 3.05) is 5.32 Å². The van der Waals surface area contributed by atoms with Crippen LogP contribution in [0, 0.1) is 11.3 Å². The van der Waals surface area contributed by atoms with Crippen LogP contribution in [0.1, 0.15) is 105 Å². The first-order chi connectivity index (χ1) is 29.2. The van der Waals surface area contributed by atoms with E-state index in [1.54, 1.807) is 44.2 Å². The highest BCUT2D eigenvalue weighted by atomic mass is 16.3. The zero-order chi connectivity index (χ0) is 43.0. The van der Waals surface area contributed by atoms with Crippen LogP contribution in [0.2, 0.25) is 0 Å². The minimum atomic E-state index is -0.985. The van der Waals surface area contributed by atoms with Crippen molar-refractivity contribution in [2.45, 2.75) is 82.8 Å². The van der Waals surface area contributed by atoms with Crippen LogP contribution in [0.3, 0.4) is 0 Å². The predicted octanol–water partition coefficient (Wildman–Crippen LogP) is 12.4. The lowest BCUT2D eigenvalue weighted by Gasteiger charge is -2.27. The first-order valence-electron chi connectivity index (χ1n) is 20.8. The number of anilines is 1. The summed E-state index contributed by atoms with van der Waals surface area (Å²) >= 11 is 0. The molecule has 6 atom stereocenters. The van der Waals surface area contributed by atoms with Crippen LogP contribution in [0.15, 0.2) is 194 Å². The van der Waals surface area contributed by atoms with E-state index in [1.165, 1.54) is 29.4 Å². The van der Waals surface area contributed by atoms with Gasteiger partial charge in [-0.25, -0.2) is 0 Å². The van der Waals surface area contributed by atoms with Gasteiger partial charge in [0, 0.05) is 17.6 Å². The van der Waals surface area contributed by atoms with Crippen LogP contribution < -0.4 is 5.32 Å². The molecule has 0 amide bonds. The molecule has 6 heteroatoms. The number of nitrogens with zero attached hydrogens (tertiary/aromatic N) is 1. The van der Waals surface area contributed by atoms with Crippen LogP contribution in [-0.4, -0.2) is 26.5 Å². The first kappa shape index (κ1) is 46.6. The number of aliphatic hydroxyl groups is 4. The summed E-state index contributed by atoms with van der Waals surface area (Å²) in [5, 5.41) is 51.4. The third kappa shape index (κ3) is 15.9. The second kappa shape index (κ2) is 26.1. The molecule has 7 aromatic rings. The maximum absolute atomic E-state index is 9.82. The number of benzene rings is 7. The molecule has 5 N–H and O–H groups in total. The number of hydrogen-bond acceptors (Lipinski definition) is 6. The zero-order valence-corrected chi connectivity index (χ0v) is 35.0. The van der Waals surface area contributed by atoms with E-state index in [0.29, 0.717) is 17.5 Å². The number of para-hydroxylation sites is 1. The molecule has 1 aliphatic rings. The van der Waals surface area contributed by atoms with Gasteiger partial charge in [-0.15, -0.1) is 0 Å². The Hall–Kier alpha value is -6.07. The molecule has 310 valence electrons. The van der Waals surface area contributed by atoms with Gasteiger partial charge in [0.1, 0.15) is 0 Å². The van der Waals surface area contributed by atoms with E-state index >= 15 is 0 Å². The van der Waals surface area contributed by atoms with Gasteiger partial charge < -0.3 is 25.7 Å². The van der Waals surface area contributed by atoms with Gasteiger partial charge in [0.15, 0.2) is 6.10 Å². The Balaban J connectivity index is 0.000000167. The molecule has 0 spiro atoms. The molecule has 0 aromatic heterocycles. The fraction of sp³-hybridized carbons (Fsp3) is 0.241. The number of fused-ring (bicyclic) bond motifs is 1. The standard InChI is InChI=1S/C14H15N.C12H12O.C12H16O.C8H7NO.C8H10O/c1-12(13-8-4-2-5-9-13)15-14-10-6-3-7-11-14;1-9(13)11-8-4-6-10-5-2-3-7-12(10)11;13-12-9-5-4-8-11(12)10-6-2-1-3-7-10;9-6-8(10)7-4-2-1-3-5-7;1-7(9)8-5-3-2-4-6-8/h2-12,15H,1H3;2-9,13H,1H3;1-3,6-7,11-13H,4-5,8-9H2;1-5,8,10H;2-7,9H,1H3. The van der Waals surface area contributed by atoms with Crippen LogP contribution in [-0.2, 0) is 0 Å². The summed E-state index contributed by atoms with van der Waals surface area (Å²) in [6, 6.07) is 65.7. The minimum Gasteiger partial charge on any atom is -0.392 e. The second-order valence-corrected chi connectivity index (χ2v) is 14.8. The average molecular weight is 801 g/mol. The highest BCUT2D eigenvalue weighted by Crippen LogP contribution is 2.32. The molecule has 7 aromatic carbocycles. The highest BCUT2D eigenvalue weighted by Gasteiger charge is 2.23. The summed E-state index contributed by atoms with van der Waals surface area (Å²) in [5.41, 5.74) is 6.38. The molecule has 0 saturated heterocycles. The normalized spacial score (nSPS) is 16.0. The lowest BCUT2D eigenvalue weighted by Crippen LogP contribution is -2.22. The Morgan fingerprint density at radius 2 is 0.983 bits per heavy atom. The van der Waals surface area contributed by atoms with Crippen molar-refractivity contribution in [1.29, 1.82) is 5.26 Å². The molecule has 6 nitrogen and oxygen atoms in total. The van der Waals surface area contributed by atoms with E-state index in [-0.39, 0.29) is 12.2 Å². The van der Waals surface area contributed by atoms with Crippen LogP contribution in [0.5, 0.6) is 0 Å². The van der Waals surface area contributed by atoms with E-state index in [4.69, 9.17) is 15.5 Å². The number of rotatable bonds is 7. The molecule has 6 unspecified atom stereocenters. The Kier molecular flexibility index (Phi) is 20.3. The lowest BCUT2D eigenvalue weighted by atomic mass is 9.82. The SMILES string of the molecule is CC(Nc1ccccc1)c1ccccc1.CC(O)c1cccc2ccccc12.CC(O)c1ccccc1.N#CC(O)c1ccccc1.OC1CCCCC1c1ccccc1. The van der Waals surface area contributed by atoms with Gasteiger partial charge in [0.05, 0.1) is 24.4 Å². The summed E-state index contributed by atoms with van der Waals surface area (Å²) in [6.45, 7) is 5.72. The molecule has 1 saturated carbocycles. The van der Waals surface area contributed by atoms with Crippen LogP contribution >= 0.6 is 0 Å². The smallest absolute Gasteiger partial charge is 0.165 e. The molecule has 0 bridgehead atoms. The van der Waals surface area contributed by atoms with Crippen molar-refractivity contribution >= 4 is 16.5 Å². The molecular formula is C54H60N2O4. The summed E-state index contributed by atoms with van der Waals surface area (Å²) in [4.78, 5) is 0. The second-order valence-electron chi connectivity index (χ2n) is 14.8. The van der Waals surface area contributed by atoms with Crippen LogP contribution in [0.25, 0.3) is 10.8 Å². The number of aliphatic hydroxyl groups excluding tert-OH is 4. The Labute approximate surface area is 357 Å². The zero-order valence-electron chi connectivity index (χ0n) is 35.0. The molecule has 8 rings (SSSR count). The van der Waals surface area contributed by atoms with Crippen molar-refractivity contribution < 1.29 is 20.4 Å². The highest BCUT2D eigenvalue weighted by molar-refractivity contribution is 5.85. The first-order valence-corrected chi connectivity index (χ1v) is 20.8. The van der Waals surface area contributed by atoms with Crippen molar-refractivity contribution in [1.82, 2.24) is 0 Å². The molecule has 1 aliphatic carbocycles.